The zero-order chi connectivity index (χ0) is 25.8. The highest BCUT2D eigenvalue weighted by Gasteiger charge is 2.25. The molecule has 0 saturated carbocycles. The molecule has 0 spiro atoms. The number of nitrogens with zero attached hydrogens (tertiary/aromatic N) is 2. The lowest BCUT2D eigenvalue weighted by molar-refractivity contribution is -0.116. The first-order valence-electron chi connectivity index (χ1n) is 12.1. The summed E-state index contributed by atoms with van der Waals surface area (Å²) in [6, 6.07) is 15.0. The van der Waals surface area contributed by atoms with Crippen molar-refractivity contribution >= 4 is 41.6 Å². The number of fused-ring (bicyclic) bond motifs is 1. The molecule has 2 aliphatic rings. The van der Waals surface area contributed by atoms with Crippen LogP contribution in [0.15, 0.2) is 66.9 Å². The molecular weight excluding hydrogens is 527 g/mol. The van der Waals surface area contributed by atoms with Gasteiger partial charge in [-0.15, -0.1) is 12.4 Å². The fourth-order valence-electron chi connectivity index (χ4n) is 4.36. The van der Waals surface area contributed by atoms with Gasteiger partial charge in [-0.25, -0.2) is 4.98 Å². The first kappa shape index (κ1) is 27.4. The summed E-state index contributed by atoms with van der Waals surface area (Å²) in [4.78, 5) is 30.8. The van der Waals surface area contributed by atoms with Crippen LogP contribution in [0.3, 0.4) is 0 Å². The second-order valence-electron chi connectivity index (χ2n) is 8.96. The molecule has 2 aromatic carbocycles. The van der Waals surface area contributed by atoms with Crippen molar-refractivity contribution < 1.29 is 19.1 Å². The maximum Gasteiger partial charge on any atom is 0.254 e. The summed E-state index contributed by atoms with van der Waals surface area (Å²) >= 11 is 6.55. The van der Waals surface area contributed by atoms with Crippen LogP contribution in [0.4, 0.5) is 5.82 Å². The minimum atomic E-state index is -0.291. The van der Waals surface area contributed by atoms with Crippen LogP contribution in [0.2, 0.25) is 5.02 Å². The smallest absolute Gasteiger partial charge is 0.254 e. The van der Waals surface area contributed by atoms with Crippen molar-refractivity contribution in [2.24, 2.45) is 0 Å². The second kappa shape index (κ2) is 12.3. The molecule has 0 bridgehead atoms. The Hall–Kier alpha value is -3.59. The van der Waals surface area contributed by atoms with Crippen molar-refractivity contribution in [1.82, 2.24) is 15.2 Å². The number of benzene rings is 2. The number of ether oxygens (including phenoxy) is 2. The number of rotatable bonds is 6. The third-order valence-corrected chi connectivity index (χ3v) is 6.63. The van der Waals surface area contributed by atoms with Crippen LogP contribution in [-0.2, 0) is 22.5 Å². The van der Waals surface area contributed by atoms with E-state index in [4.69, 9.17) is 26.8 Å². The number of aromatic nitrogens is 1. The summed E-state index contributed by atoms with van der Waals surface area (Å²) in [6.07, 6.45) is 5.15. The van der Waals surface area contributed by atoms with Crippen molar-refractivity contribution in [2.45, 2.75) is 19.1 Å². The highest BCUT2D eigenvalue weighted by molar-refractivity contribution is 6.32. The van der Waals surface area contributed by atoms with Gasteiger partial charge in [0.2, 0.25) is 5.91 Å². The zero-order valence-corrected chi connectivity index (χ0v) is 22.1. The van der Waals surface area contributed by atoms with Crippen LogP contribution in [0.25, 0.3) is 11.1 Å². The number of nitrogen functional groups attached to an aromatic ring is 1. The fourth-order valence-corrected chi connectivity index (χ4v) is 4.64. The summed E-state index contributed by atoms with van der Waals surface area (Å²) < 4.78 is 11.3. The third-order valence-electron chi connectivity index (χ3n) is 6.35. The van der Waals surface area contributed by atoms with Gasteiger partial charge < -0.3 is 25.4 Å². The van der Waals surface area contributed by atoms with Crippen molar-refractivity contribution in [3.63, 3.8) is 0 Å². The molecule has 3 aromatic rings. The van der Waals surface area contributed by atoms with Gasteiger partial charge in [-0.3, -0.25) is 9.59 Å². The molecule has 3 heterocycles. The number of nitrogens with two attached hydrogens (primary N) is 1. The lowest BCUT2D eigenvalue weighted by Crippen LogP contribution is -2.40. The monoisotopic (exact) mass is 554 g/mol. The lowest BCUT2D eigenvalue weighted by Gasteiger charge is -2.26. The number of halogens is 2. The van der Waals surface area contributed by atoms with E-state index >= 15 is 0 Å². The highest BCUT2D eigenvalue weighted by Crippen LogP contribution is 2.40. The molecule has 10 heteroatoms. The largest absolute Gasteiger partial charge is 0.484 e. The maximum absolute atomic E-state index is 12.7. The van der Waals surface area contributed by atoms with Crippen LogP contribution >= 0.6 is 24.0 Å². The Labute approximate surface area is 232 Å². The number of carbonyl (C=O) groups is 2. The SMILES string of the molecule is Cl.Nc1ccc(CNC(=O)/C=C/C2Cc3cc(-c4ccc(C(=O)N5CCOCC5)cc4)cc(Cl)c3O2)cn1. The van der Waals surface area contributed by atoms with Gasteiger partial charge in [0.25, 0.3) is 5.91 Å². The standard InChI is InChI=1S/C28H27ClN4O4.ClH/c29-24-15-21(19-2-4-20(5-3-19)28(35)33-9-11-36-12-10-33)13-22-14-23(37-27(22)24)6-8-26(34)32-17-18-1-7-25(30)31-16-18;/h1-8,13,15-16,23H,9-12,14,17H2,(H2,30,31)(H,32,34);1H/b8-6+;. The maximum atomic E-state index is 12.7. The fraction of sp³-hybridized carbons (Fsp3) is 0.250. The molecule has 3 N–H and O–H groups in total. The van der Waals surface area contributed by atoms with Crippen LogP contribution < -0.4 is 15.8 Å². The average Bonchev–Trinajstić information content (AvgIpc) is 3.35. The molecule has 1 aromatic heterocycles. The molecule has 0 aliphatic carbocycles. The Morgan fingerprint density at radius 2 is 1.87 bits per heavy atom. The van der Waals surface area contributed by atoms with Gasteiger partial charge in [-0.2, -0.15) is 0 Å². The van der Waals surface area contributed by atoms with Gasteiger partial charge in [-0.05, 0) is 53.1 Å². The zero-order valence-electron chi connectivity index (χ0n) is 20.6. The summed E-state index contributed by atoms with van der Waals surface area (Å²) in [7, 11) is 0. The average molecular weight is 555 g/mol. The Morgan fingerprint density at radius 3 is 2.58 bits per heavy atom. The first-order chi connectivity index (χ1) is 18.0. The Bertz CT molecular complexity index is 1320. The molecule has 1 unspecified atom stereocenters. The summed E-state index contributed by atoms with van der Waals surface area (Å²) in [5.74, 6) is 0.854. The van der Waals surface area contributed by atoms with Crippen LogP contribution in [0.5, 0.6) is 5.75 Å². The van der Waals surface area contributed by atoms with Gasteiger partial charge in [0, 0.05) is 49.5 Å². The lowest BCUT2D eigenvalue weighted by atomic mass is 9.99. The van der Waals surface area contributed by atoms with E-state index in [9.17, 15) is 9.59 Å². The Balaban J connectivity index is 0.00000336. The Kier molecular flexibility index (Phi) is 8.89. The summed E-state index contributed by atoms with van der Waals surface area (Å²) in [5.41, 5.74) is 9.96. The van der Waals surface area contributed by atoms with Crippen LogP contribution in [0, 0.1) is 0 Å². The van der Waals surface area contributed by atoms with Gasteiger partial charge in [-0.1, -0.05) is 29.8 Å². The second-order valence-corrected chi connectivity index (χ2v) is 9.36. The molecule has 1 fully saturated rings. The number of carbonyl (C=O) groups excluding carboxylic acids is 2. The van der Waals surface area contributed by atoms with E-state index in [1.54, 1.807) is 18.3 Å². The van der Waals surface area contributed by atoms with E-state index in [-0.39, 0.29) is 30.3 Å². The molecule has 198 valence electrons. The molecule has 1 atom stereocenters. The molecule has 2 amide bonds. The van der Waals surface area contributed by atoms with Gasteiger partial charge >= 0.3 is 0 Å². The van der Waals surface area contributed by atoms with Crippen molar-refractivity contribution in [3.8, 4) is 16.9 Å². The molecule has 0 radical (unpaired) electrons. The van der Waals surface area contributed by atoms with E-state index in [1.165, 1.54) is 6.08 Å². The van der Waals surface area contributed by atoms with Crippen LogP contribution in [-0.4, -0.2) is 54.1 Å². The summed E-state index contributed by atoms with van der Waals surface area (Å²) in [6.45, 7) is 2.72. The molecule has 1 saturated heterocycles. The molecular formula is C28H28Cl2N4O4. The van der Waals surface area contributed by atoms with Crippen molar-refractivity contribution in [1.29, 1.82) is 0 Å². The molecule has 8 nitrogen and oxygen atoms in total. The van der Waals surface area contributed by atoms with E-state index in [2.05, 4.69) is 10.3 Å². The van der Waals surface area contributed by atoms with E-state index in [0.717, 1.165) is 22.3 Å². The van der Waals surface area contributed by atoms with Crippen LogP contribution in [0.1, 0.15) is 21.5 Å². The van der Waals surface area contributed by atoms with Gasteiger partial charge in [0.1, 0.15) is 17.7 Å². The van der Waals surface area contributed by atoms with Gasteiger partial charge in [0.15, 0.2) is 0 Å². The number of morpholine rings is 1. The number of hydrogen-bond acceptors (Lipinski definition) is 6. The number of nitrogens with one attached hydrogen (secondary N) is 1. The predicted molar refractivity (Wildman–Crippen MR) is 149 cm³/mol. The van der Waals surface area contributed by atoms with E-state index < -0.39 is 0 Å². The highest BCUT2D eigenvalue weighted by atomic mass is 35.5. The first-order valence-corrected chi connectivity index (χ1v) is 12.5. The Morgan fingerprint density at radius 1 is 1.11 bits per heavy atom. The van der Waals surface area contributed by atoms with Crippen molar-refractivity contribution in [2.75, 3.05) is 32.0 Å². The predicted octanol–water partition coefficient (Wildman–Crippen LogP) is 4.05. The number of anilines is 1. The van der Waals surface area contributed by atoms with E-state index in [1.807, 2.05) is 47.4 Å². The minimum absolute atomic E-state index is 0. The molecule has 2 aliphatic heterocycles. The number of amides is 2. The quantitative estimate of drug-likeness (QED) is 0.445. The minimum Gasteiger partial charge on any atom is -0.484 e. The molecule has 38 heavy (non-hydrogen) atoms. The normalized spacial score (nSPS) is 16.4. The van der Waals surface area contributed by atoms with Gasteiger partial charge in [0.05, 0.1) is 18.2 Å². The topological polar surface area (TPSA) is 107 Å². The third kappa shape index (κ3) is 6.45. The molecule has 5 rings (SSSR count). The van der Waals surface area contributed by atoms with Crippen molar-refractivity contribution in [3.05, 3.63) is 88.6 Å². The number of hydrogen-bond donors (Lipinski definition) is 2. The van der Waals surface area contributed by atoms with E-state index in [0.29, 0.717) is 61.4 Å². The number of pyridine rings is 1. The summed E-state index contributed by atoms with van der Waals surface area (Å²) in [5, 5.41) is 3.33.